The van der Waals surface area contributed by atoms with Gasteiger partial charge in [-0.2, -0.15) is 0 Å². The first-order valence-corrected chi connectivity index (χ1v) is 15.1. The van der Waals surface area contributed by atoms with Gasteiger partial charge in [-0.15, -0.1) is 0 Å². The first-order chi connectivity index (χ1) is 24.0. The van der Waals surface area contributed by atoms with Gasteiger partial charge in [0.1, 0.15) is 0 Å². The largest absolute Gasteiger partial charge is 0.310 e. The summed E-state index contributed by atoms with van der Waals surface area (Å²) in [5.41, 5.74) is 7.11. The molecule has 0 saturated carbocycles. The Bertz CT molecular complexity index is 2460. The Kier molecular flexibility index (Phi) is 5.84. The topological polar surface area (TPSA) is 3.24 Å². The molecule has 0 radical (unpaired) electrons. The summed E-state index contributed by atoms with van der Waals surface area (Å²) in [5, 5.41) is 4.21. The molecule has 212 valence electrons. The van der Waals surface area contributed by atoms with Crippen LogP contribution >= 0.6 is 0 Å². The smallest absolute Gasteiger partial charge is 0.0651 e. The van der Waals surface area contributed by atoms with Crippen molar-refractivity contribution in [2.45, 2.75) is 0 Å². The third-order valence-corrected chi connectivity index (χ3v) is 8.35. The number of rotatable bonds is 6. The number of benzene rings is 8. The van der Waals surface area contributed by atoms with Gasteiger partial charge in [0.2, 0.25) is 0 Å². The first kappa shape index (κ1) is 22.6. The molecule has 0 aromatic heterocycles. The molecule has 1 heteroatoms. The molecular weight excluding hydrogens is 542 g/mol. The van der Waals surface area contributed by atoms with Crippen LogP contribution in [0.4, 0.5) is 17.1 Å². The molecule has 8 aromatic rings. The number of anilines is 3. The van der Waals surface area contributed by atoms with E-state index in [1.807, 2.05) is 108 Å². The van der Waals surface area contributed by atoms with Gasteiger partial charge in [0.15, 0.2) is 0 Å². The molecule has 8 rings (SSSR count). The summed E-state index contributed by atoms with van der Waals surface area (Å²) in [4.78, 5) is 1.89. The lowest BCUT2D eigenvalue weighted by molar-refractivity contribution is 1.28. The van der Waals surface area contributed by atoms with Crippen LogP contribution in [0.25, 0.3) is 54.9 Å². The third kappa shape index (κ3) is 5.15. The second kappa shape index (κ2) is 11.6. The van der Waals surface area contributed by atoms with E-state index in [0.29, 0.717) is 11.1 Å². The summed E-state index contributed by atoms with van der Waals surface area (Å²) < 4.78 is 36.8. The highest BCUT2D eigenvalue weighted by molar-refractivity contribution is 5.98. The van der Waals surface area contributed by atoms with Crippen LogP contribution in [0.3, 0.4) is 0 Å². The molecule has 8 aromatic carbocycles. The van der Waals surface area contributed by atoms with E-state index < -0.39 is 0 Å². The zero-order chi connectivity index (χ0) is 33.5. The lowest BCUT2D eigenvalue weighted by Gasteiger charge is -2.26. The molecule has 0 N–H and O–H groups in total. The van der Waals surface area contributed by atoms with Crippen LogP contribution in [0.2, 0.25) is 0 Å². The zero-order valence-electron chi connectivity index (χ0n) is 28.5. The molecule has 45 heavy (non-hydrogen) atoms. The van der Waals surface area contributed by atoms with Crippen molar-refractivity contribution in [2.75, 3.05) is 4.90 Å². The van der Waals surface area contributed by atoms with Crippen LogP contribution in [-0.2, 0) is 0 Å². The summed E-state index contributed by atoms with van der Waals surface area (Å²) in [6.07, 6.45) is 0. The van der Waals surface area contributed by atoms with E-state index in [-0.39, 0.29) is 29.9 Å². The Morgan fingerprint density at radius 1 is 0.356 bits per heavy atom. The fourth-order valence-electron chi connectivity index (χ4n) is 6.13. The summed E-state index contributed by atoms with van der Waals surface area (Å²) >= 11 is 0. The summed E-state index contributed by atoms with van der Waals surface area (Å²) in [5.74, 6) is 0. The molecule has 0 aliphatic heterocycles. The van der Waals surface area contributed by atoms with Gasteiger partial charge >= 0.3 is 0 Å². The fraction of sp³-hybridized carbons (Fsp3) is 0. The van der Waals surface area contributed by atoms with Crippen molar-refractivity contribution in [3.8, 4) is 33.4 Å². The number of fused-ring (bicyclic) bond motifs is 2. The maximum Gasteiger partial charge on any atom is 0.0651 e. The Morgan fingerprint density at radius 2 is 0.844 bits per heavy atom. The molecule has 0 bridgehead atoms. The van der Waals surface area contributed by atoms with Crippen molar-refractivity contribution in [3.63, 3.8) is 0 Å². The van der Waals surface area contributed by atoms with E-state index in [2.05, 4.69) is 60.7 Å². The lowest BCUT2D eigenvalue weighted by Crippen LogP contribution is -2.10. The predicted octanol–water partition coefficient (Wildman–Crippen LogP) is 12.5. The van der Waals surface area contributed by atoms with Gasteiger partial charge < -0.3 is 4.90 Å². The summed E-state index contributed by atoms with van der Waals surface area (Å²) in [6.45, 7) is 0. The van der Waals surface area contributed by atoms with Crippen molar-refractivity contribution in [2.24, 2.45) is 0 Å². The lowest BCUT2D eigenvalue weighted by atomic mass is 9.97. The quantitative estimate of drug-likeness (QED) is 0.190. The SMILES string of the molecule is [2H]c1c([2H])c(-c2cccc3ccccc23)c([2H])c(N(c2ccc(-c3ccccc3)cc2)c2ccc(-c3cccc4ccccc34)cc2)c1[2H]. The monoisotopic (exact) mass is 577 g/mol. The molecule has 0 amide bonds. The molecule has 0 aliphatic carbocycles. The molecule has 0 fully saturated rings. The highest BCUT2D eigenvalue weighted by Gasteiger charge is 2.15. The van der Waals surface area contributed by atoms with Crippen LogP contribution in [-0.4, -0.2) is 0 Å². The van der Waals surface area contributed by atoms with Crippen LogP contribution < -0.4 is 4.90 Å². The average molecular weight is 578 g/mol. The van der Waals surface area contributed by atoms with E-state index in [1.54, 1.807) is 0 Å². The minimum atomic E-state index is -0.216. The molecule has 1 nitrogen and oxygen atoms in total. The second-order valence-corrected chi connectivity index (χ2v) is 11.1. The number of nitrogens with zero attached hydrogens (tertiary/aromatic N) is 1. The van der Waals surface area contributed by atoms with Gasteiger partial charge in [-0.25, -0.2) is 0 Å². The van der Waals surface area contributed by atoms with Gasteiger partial charge in [0.05, 0.1) is 5.48 Å². The highest BCUT2D eigenvalue weighted by Crippen LogP contribution is 2.40. The van der Waals surface area contributed by atoms with Crippen LogP contribution in [0.15, 0.2) is 188 Å². The minimum absolute atomic E-state index is 0.0348. The van der Waals surface area contributed by atoms with Gasteiger partial charge in [0, 0.05) is 17.1 Å². The molecule has 0 atom stereocenters. The number of hydrogen-bond acceptors (Lipinski definition) is 1. The Hall–Kier alpha value is -5.92. The predicted molar refractivity (Wildman–Crippen MR) is 192 cm³/mol. The van der Waals surface area contributed by atoms with Crippen molar-refractivity contribution >= 4 is 38.6 Å². The van der Waals surface area contributed by atoms with E-state index in [9.17, 15) is 2.74 Å². The maximum absolute atomic E-state index is 9.65. The van der Waals surface area contributed by atoms with Crippen molar-refractivity contribution in [3.05, 3.63) is 188 Å². The number of hydrogen-bond donors (Lipinski definition) is 0. The Balaban J connectivity index is 1.33. The van der Waals surface area contributed by atoms with Gasteiger partial charge in [-0.3, -0.25) is 0 Å². The molecule has 0 spiro atoms. The van der Waals surface area contributed by atoms with E-state index in [1.165, 1.54) is 5.39 Å². The van der Waals surface area contributed by atoms with E-state index >= 15 is 0 Å². The summed E-state index contributed by atoms with van der Waals surface area (Å²) in [7, 11) is 0. The van der Waals surface area contributed by atoms with Gasteiger partial charge in [-0.05, 0) is 91.3 Å². The fourth-order valence-corrected chi connectivity index (χ4v) is 6.13. The third-order valence-electron chi connectivity index (χ3n) is 8.35. The molecule has 0 saturated heterocycles. The van der Waals surface area contributed by atoms with Gasteiger partial charge in [0.25, 0.3) is 0 Å². The summed E-state index contributed by atoms with van der Waals surface area (Å²) in [6, 6.07) is 54.3. The van der Waals surface area contributed by atoms with E-state index in [4.69, 9.17) is 2.74 Å². The zero-order valence-corrected chi connectivity index (χ0v) is 24.5. The molecular formula is C44H31N. The Labute approximate surface area is 269 Å². The molecule has 0 unspecified atom stereocenters. The normalized spacial score (nSPS) is 12.4. The molecule has 0 heterocycles. The first-order valence-electron chi connectivity index (χ1n) is 17.1. The highest BCUT2D eigenvalue weighted by atomic mass is 15.1. The van der Waals surface area contributed by atoms with Crippen molar-refractivity contribution in [1.82, 2.24) is 0 Å². The average Bonchev–Trinajstić information content (AvgIpc) is 3.16. The standard InChI is InChI=1S/C44H31N/c1-2-11-32(12-3-1)33-23-27-38(28-24-33)45(39-29-25-36(26-30-39)43-21-9-15-34-13-4-6-19-41(34)43)40-18-8-17-37(31-40)44-22-10-16-35-14-5-7-20-42(35)44/h1-31H/i8D,17D,18D,31D. The molecule has 0 aliphatic rings. The van der Waals surface area contributed by atoms with Crippen molar-refractivity contribution in [1.29, 1.82) is 0 Å². The van der Waals surface area contributed by atoms with Crippen LogP contribution in [0.1, 0.15) is 5.48 Å². The van der Waals surface area contributed by atoms with E-state index in [0.717, 1.165) is 49.8 Å². The van der Waals surface area contributed by atoms with Crippen LogP contribution in [0, 0.1) is 0 Å². The maximum atomic E-state index is 9.65. The van der Waals surface area contributed by atoms with Crippen LogP contribution in [0.5, 0.6) is 0 Å². The van der Waals surface area contributed by atoms with Gasteiger partial charge in [-0.1, -0.05) is 152 Å². The Morgan fingerprint density at radius 3 is 1.47 bits per heavy atom. The second-order valence-electron chi connectivity index (χ2n) is 11.1. The van der Waals surface area contributed by atoms with Crippen molar-refractivity contribution < 1.29 is 5.48 Å². The minimum Gasteiger partial charge on any atom is -0.310 e.